The zero-order valence-corrected chi connectivity index (χ0v) is 27.1. The second kappa shape index (κ2) is 14.0. The molecule has 3 amide bonds. The highest BCUT2D eigenvalue weighted by atomic mass is 35.5. The molecule has 2 N–H and O–H groups in total. The van der Waals surface area contributed by atoms with Crippen LogP contribution in [0.25, 0.3) is 0 Å². The van der Waals surface area contributed by atoms with Gasteiger partial charge >= 0.3 is 5.97 Å². The van der Waals surface area contributed by atoms with Crippen molar-refractivity contribution in [3.63, 3.8) is 0 Å². The van der Waals surface area contributed by atoms with Crippen molar-refractivity contribution in [1.82, 2.24) is 10.2 Å². The number of ether oxygens (including phenoxy) is 2. The number of fused-ring (bicyclic) bond motifs is 2. The first-order valence-electron chi connectivity index (χ1n) is 16.3. The van der Waals surface area contributed by atoms with E-state index in [1.54, 1.807) is 59.2 Å². The lowest BCUT2D eigenvalue weighted by Gasteiger charge is -2.35. The zero-order chi connectivity index (χ0) is 33.1. The predicted octanol–water partition coefficient (Wildman–Crippen LogP) is 4.13. The van der Waals surface area contributed by atoms with E-state index in [0.717, 1.165) is 0 Å². The molecule has 4 aliphatic rings. The molecule has 2 aromatic carbocycles. The van der Waals surface area contributed by atoms with E-state index >= 15 is 0 Å². The summed E-state index contributed by atoms with van der Waals surface area (Å²) in [7, 11) is 0. The van der Waals surface area contributed by atoms with Gasteiger partial charge in [0.05, 0.1) is 18.1 Å². The van der Waals surface area contributed by atoms with E-state index in [1.807, 2.05) is 36.4 Å². The molecular weight excluding hydrogens is 622 g/mol. The maximum absolute atomic E-state index is 14.6. The third-order valence-corrected chi connectivity index (χ3v) is 9.79. The number of esters is 1. The number of benzene rings is 2. The van der Waals surface area contributed by atoms with Gasteiger partial charge in [-0.15, -0.1) is 0 Å². The van der Waals surface area contributed by atoms with Gasteiger partial charge in [0.1, 0.15) is 23.7 Å². The van der Waals surface area contributed by atoms with Gasteiger partial charge in [-0.1, -0.05) is 66.2 Å². The topological polar surface area (TPSA) is 125 Å². The molecule has 0 aromatic heterocycles. The predicted molar refractivity (Wildman–Crippen MR) is 175 cm³/mol. The zero-order valence-electron chi connectivity index (χ0n) is 26.3. The number of amides is 3. The maximum Gasteiger partial charge on any atom is 0.313 e. The SMILES string of the molecule is C[C@@H]1NC(=O)CC/C=C\[C@@H]2O[C@@]34C=CCN(c5ccc(Cl)cc5)C(=O)[C@@H]3N(CCCCCO)C(=O)[C@H]4[C@@H]2C(=O)O[C@H]1c1ccccc1. The maximum atomic E-state index is 14.6. The van der Waals surface area contributed by atoms with Crippen LogP contribution in [0.1, 0.15) is 50.7 Å². The molecule has 47 heavy (non-hydrogen) atoms. The number of aliphatic hydroxyl groups is 1. The molecule has 6 rings (SSSR count). The van der Waals surface area contributed by atoms with Crippen LogP contribution in [0, 0.1) is 11.8 Å². The summed E-state index contributed by atoms with van der Waals surface area (Å²) in [5, 5.41) is 12.8. The Hall–Kier alpha value is -3.99. The quantitative estimate of drug-likeness (QED) is 0.260. The Balaban J connectivity index is 1.42. The average molecular weight is 662 g/mol. The van der Waals surface area contributed by atoms with Gasteiger partial charge in [-0.3, -0.25) is 19.2 Å². The van der Waals surface area contributed by atoms with Crippen molar-refractivity contribution < 1.29 is 33.8 Å². The first kappa shape index (κ1) is 32.9. The Morgan fingerprint density at radius 3 is 2.49 bits per heavy atom. The number of hydrogen-bond acceptors (Lipinski definition) is 7. The molecule has 4 heterocycles. The van der Waals surface area contributed by atoms with Crippen molar-refractivity contribution in [1.29, 1.82) is 0 Å². The molecule has 0 saturated carbocycles. The average Bonchev–Trinajstić information content (AvgIpc) is 3.44. The van der Waals surface area contributed by atoms with Crippen LogP contribution >= 0.6 is 11.6 Å². The van der Waals surface area contributed by atoms with Crippen molar-refractivity contribution >= 4 is 41.0 Å². The van der Waals surface area contributed by atoms with Crippen molar-refractivity contribution in [2.24, 2.45) is 11.8 Å². The van der Waals surface area contributed by atoms with Crippen LogP contribution < -0.4 is 10.2 Å². The highest BCUT2D eigenvalue weighted by Crippen LogP contribution is 2.53. The number of anilines is 1. The molecule has 10 nitrogen and oxygen atoms in total. The second-order valence-corrected chi connectivity index (χ2v) is 13.0. The Kier molecular flexibility index (Phi) is 9.82. The van der Waals surface area contributed by atoms with Crippen molar-refractivity contribution in [2.75, 3.05) is 24.6 Å². The molecule has 7 atom stereocenters. The number of halogens is 1. The summed E-state index contributed by atoms with van der Waals surface area (Å²) in [6, 6.07) is 14.5. The van der Waals surface area contributed by atoms with Gasteiger partial charge in [-0.25, -0.2) is 0 Å². The number of nitrogens with zero attached hydrogens (tertiary/aromatic N) is 2. The van der Waals surface area contributed by atoms with Crippen molar-refractivity contribution in [3.8, 4) is 0 Å². The number of unbranched alkanes of at least 4 members (excludes halogenated alkanes) is 2. The van der Waals surface area contributed by atoms with Gasteiger partial charge in [-0.05, 0) is 62.4 Å². The molecule has 248 valence electrons. The van der Waals surface area contributed by atoms with Crippen LogP contribution in [-0.4, -0.2) is 77.2 Å². The standard InChI is InChI=1S/C36H40ClN3O7/c1-23-31(24-11-4-2-5-12-24)46-35(45)29-27(13-6-7-14-28(42)38-23)47-36-19-10-21-39(26-17-15-25(37)16-18-26)34(44)32(36)40(33(43)30(29)36)20-8-3-9-22-41/h2,4-6,10-13,15-19,23,27,29-32,41H,3,7-9,14,20-22H2,1H3,(H,38,42)/b13-6-/t23-,27-,29+,30+,31+,32-,36+/m0/s1. The fourth-order valence-electron chi connectivity index (χ4n) is 7.37. The molecule has 1 spiro atoms. The van der Waals surface area contributed by atoms with Crippen LogP contribution in [-0.2, 0) is 28.7 Å². The highest BCUT2D eigenvalue weighted by Gasteiger charge is 2.71. The minimum atomic E-state index is -1.44. The Labute approximate surface area is 279 Å². The Morgan fingerprint density at radius 2 is 1.74 bits per heavy atom. The Bertz CT molecular complexity index is 1550. The number of carbonyl (C=O) groups excluding carboxylic acids is 4. The fraction of sp³-hybridized carbons (Fsp3) is 0.444. The molecule has 0 bridgehead atoms. The third kappa shape index (κ3) is 6.34. The van der Waals surface area contributed by atoms with E-state index in [1.165, 1.54) is 0 Å². The van der Waals surface area contributed by atoms with Crippen LogP contribution in [0.15, 0.2) is 78.9 Å². The molecule has 0 aliphatic carbocycles. The number of carbonyl (C=O) groups is 4. The molecule has 0 radical (unpaired) electrons. The smallest absolute Gasteiger partial charge is 0.313 e. The van der Waals surface area contributed by atoms with Gasteiger partial charge < -0.3 is 29.7 Å². The summed E-state index contributed by atoms with van der Waals surface area (Å²) >= 11 is 6.14. The lowest BCUT2D eigenvalue weighted by Crippen LogP contribution is -2.55. The lowest BCUT2D eigenvalue weighted by molar-refractivity contribution is -0.161. The second-order valence-electron chi connectivity index (χ2n) is 12.6. The van der Waals surface area contributed by atoms with E-state index < -0.39 is 47.7 Å². The molecule has 0 unspecified atom stereocenters. The van der Waals surface area contributed by atoms with Crippen LogP contribution in [0.2, 0.25) is 5.02 Å². The van der Waals surface area contributed by atoms with Gasteiger partial charge in [0.15, 0.2) is 0 Å². The minimum Gasteiger partial charge on any atom is -0.455 e. The summed E-state index contributed by atoms with van der Waals surface area (Å²) in [4.78, 5) is 59.5. The number of hydrogen-bond donors (Lipinski definition) is 2. The molecule has 2 aromatic rings. The highest BCUT2D eigenvalue weighted by molar-refractivity contribution is 6.30. The number of cyclic esters (lactones) is 1. The number of nitrogens with one attached hydrogen (secondary N) is 1. The van der Waals surface area contributed by atoms with E-state index in [4.69, 9.17) is 21.1 Å². The number of aliphatic hydroxyl groups excluding tert-OH is 1. The monoisotopic (exact) mass is 661 g/mol. The van der Waals surface area contributed by atoms with Crippen LogP contribution in [0.3, 0.4) is 0 Å². The largest absolute Gasteiger partial charge is 0.455 e. The van der Waals surface area contributed by atoms with Crippen LogP contribution in [0.5, 0.6) is 0 Å². The van der Waals surface area contributed by atoms with E-state index in [-0.39, 0.29) is 43.8 Å². The van der Waals surface area contributed by atoms with Crippen molar-refractivity contribution in [3.05, 3.63) is 89.5 Å². The molecule has 4 aliphatic heterocycles. The number of allylic oxidation sites excluding steroid dienone is 1. The fourth-order valence-corrected chi connectivity index (χ4v) is 7.49. The summed E-state index contributed by atoms with van der Waals surface area (Å²) in [5.41, 5.74) is -0.110. The van der Waals surface area contributed by atoms with Gasteiger partial charge in [-0.2, -0.15) is 0 Å². The minimum absolute atomic E-state index is 0.0302. The van der Waals surface area contributed by atoms with Gasteiger partial charge in [0, 0.05) is 36.8 Å². The molecule has 11 heteroatoms. The normalized spacial score (nSPS) is 31.6. The number of likely N-dealkylation sites (tertiary alicyclic amines) is 1. The van der Waals surface area contributed by atoms with Gasteiger partial charge in [0.2, 0.25) is 11.8 Å². The van der Waals surface area contributed by atoms with E-state index in [2.05, 4.69) is 5.32 Å². The first-order chi connectivity index (χ1) is 22.7. The summed E-state index contributed by atoms with van der Waals surface area (Å²) in [5.74, 6) is -3.55. The lowest BCUT2D eigenvalue weighted by atomic mass is 9.77. The third-order valence-electron chi connectivity index (χ3n) is 9.54. The van der Waals surface area contributed by atoms with Crippen LogP contribution in [0.4, 0.5) is 5.69 Å². The first-order valence-corrected chi connectivity index (χ1v) is 16.7. The summed E-state index contributed by atoms with van der Waals surface area (Å²) < 4.78 is 13.0. The summed E-state index contributed by atoms with van der Waals surface area (Å²) in [6.07, 6.45) is 7.86. The molecule has 2 saturated heterocycles. The number of rotatable bonds is 7. The van der Waals surface area contributed by atoms with E-state index in [0.29, 0.717) is 42.0 Å². The molecular formula is C36H40ClN3O7. The molecule has 2 fully saturated rings. The van der Waals surface area contributed by atoms with Crippen molar-refractivity contribution in [2.45, 2.75) is 68.9 Å². The Morgan fingerprint density at radius 1 is 0.979 bits per heavy atom. The van der Waals surface area contributed by atoms with E-state index in [9.17, 15) is 24.3 Å². The van der Waals surface area contributed by atoms with Gasteiger partial charge in [0.25, 0.3) is 5.91 Å². The summed E-state index contributed by atoms with van der Waals surface area (Å²) in [6.45, 7) is 2.31.